The molecule has 1 aromatic heterocycles. The minimum absolute atomic E-state index is 0.0476. The van der Waals surface area contributed by atoms with Gasteiger partial charge in [-0.15, -0.1) is 11.3 Å². The first-order valence-corrected chi connectivity index (χ1v) is 10.8. The Hall–Kier alpha value is -2.23. The van der Waals surface area contributed by atoms with Crippen molar-refractivity contribution >= 4 is 33.2 Å². The number of primary sulfonamides is 1. The van der Waals surface area contributed by atoms with Crippen LogP contribution in [0.15, 0.2) is 46.7 Å². The van der Waals surface area contributed by atoms with Gasteiger partial charge in [0.1, 0.15) is 6.04 Å². The molecule has 1 atom stereocenters. The van der Waals surface area contributed by atoms with E-state index in [9.17, 15) is 18.0 Å². The monoisotopic (exact) mass is 409 g/mol. The van der Waals surface area contributed by atoms with Gasteiger partial charge in [0.25, 0.3) is 5.91 Å². The number of nitrogens with one attached hydrogen (secondary N) is 2. The lowest BCUT2D eigenvalue weighted by Crippen LogP contribution is -2.49. The number of benzene rings is 1. The first-order chi connectivity index (χ1) is 12.7. The first-order valence-electron chi connectivity index (χ1n) is 8.42. The standard InChI is InChI=1S/C18H23N3O4S2/c1-12(2)16(21-17(22)15-4-3-11-26-15)18(23)20-10-9-13-5-7-14(8-6-13)27(19,24)25/h3-8,11-12,16H,9-10H2,1-2H3,(H,20,23)(H,21,22)(H2,19,24,25)/t16-/m0/s1. The van der Waals surface area contributed by atoms with Gasteiger partial charge in [-0.3, -0.25) is 9.59 Å². The van der Waals surface area contributed by atoms with E-state index in [1.807, 2.05) is 13.8 Å². The maximum absolute atomic E-state index is 12.4. The molecule has 1 heterocycles. The molecule has 0 aliphatic heterocycles. The van der Waals surface area contributed by atoms with Crippen molar-refractivity contribution in [3.63, 3.8) is 0 Å². The molecule has 27 heavy (non-hydrogen) atoms. The van der Waals surface area contributed by atoms with Gasteiger partial charge in [0.15, 0.2) is 0 Å². The van der Waals surface area contributed by atoms with E-state index in [0.717, 1.165) is 5.56 Å². The second kappa shape index (κ2) is 9.12. The van der Waals surface area contributed by atoms with Gasteiger partial charge >= 0.3 is 0 Å². The van der Waals surface area contributed by atoms with Crippen LogP contribution in [0.3, 0.4) is 0 Å². The Labute approximate surface area is 163 Å². The third-order valence-corrected chi connectivity index (χ3v) is 5.74. The highest BCUT2D eigenvalue weighted by molar-refractivity contribution is 7.89. The Morgan fingerprint density at radius 2 is 1.81 bits per heavy atom. The van der Waals surface area contributed by atoms with Crippen LogP contribution in [0.25, 0.3) is 0 Å². The average Bonchev–Trinajstić information content (AvgIpc) is 3.13. The Bertz CT molecular complexity index is 876. The summed E-state index contributed by atoms with van der Waals surface area (Å²) in [6.07, 6.45) is 0.528. The van der Waals surface area contributed by atoms with E-state index in [1.54, 1.807) is 29.6 Å². The SMILES string of the molecule is CC(C)[C@H](NC(=O)c1cccs1)C(=O)NCCc1ccc(S(N)(=O)=O)cc1. The highest BCUT2D eigenvalue weighted by atomic mass is 32.2. The van der Waals surface area contributed by atoms with Gasteiger partial charge in [-0.25, -0.2) is 13.6 Å². The van der Waals surface area contributed by atoms with E-state index >= 15 is 0 Å². The number of hydrogen-bond donors (Lipinski definition) is 3. The van der Waals surface area contributed by atoms with Crippen molar-refractivity contribution in [1.82, 2.24) is 10.6 Å². The summed E-state index contributed by atoms with van der Waals surface area (Å²) in [5.74, 6) is -0.587. The second-order valence-electron chi connectivity index (χ2n) is 6.40. The molecule has 2 rings (SSSR count). The normalized spacial score (nSPS) is 12.6. The molecule has 0 spiro atoms. The maximum Gasteiger partial charge on any atom is 0.262 e. The zero-order valence-electron chi connectivity index (χ0n) is 15.1. The summed E-state index contributed by atoms with van der Waals surface area (Å²) in [4.78, 5) is 25.2. The Kier molecular flexibility index (Phi) is 7.11. The van der Waals surface area contributed by atoms with Crippen LogP contribution in [-0.4, -0.2) is 32.8 Å². The van der Waals surface area contributed by atoms with E-state index in [1.165, 1.54) is 23.5 Å². The predicted molar refractivity (Wildman–Crippen MR) is 105 cm³/mol. The van der Waals surface area contributed by atoms with Crippen molar-refractivity contribution in [3.05, 3.63) is 52.2 Å². The number of sulfonamides is 1. The molecule has 2 aromatic rings. The number of rotatable bonds is 8. The summed E-state index contributed by atoms with van der Waals surface area (Å²) in [6, 6.07) is 9.04. The maximum atomic E-state index is 12.4. The lowest BCUT2D eigenvalue weighted by Gasteiger charge is -2.21. The summed E-state index contributed by atoms with van der Waals surface area (Å²) in [5, 5.41) is 12.5. The largest absolute Gasteiger partial charge is 0.354 e. The topological polar surface area (TPSA) is 118 Å². The molecule has 4 N–H and O–H groups in total. The summed E-state index contributed by atoms with van der Waals surface area (Å²) < 4.78 is 22.5. The molecule has 7 nitrogen and oxygen atoms in total. The zero-order chi connectivity index (χ0) is 20.0. The molecule has 9 heteroatoms. The fourth-order valence-electron chi connectivity index (χ4n) is 2.44. The van der Waals surface area contributed by atoms with E-state index in [0.29, 0.717) is 17.8 Å². The predicted octanol–water partition coefficient (Wildman–Crippen LogP) is 1.51. The third kappa shape index (κ3) is 6.16. The number of nitrogens with two attached hydrogens (primary N) is 1. The number of carbonyl (C=O) groups is 2. The van der Waals surface area contributed by atoms with E-state index in [-0.39, 0.29) is 22.6 Å². The molecule has 0 fully saturated rings. The van der Waals surface area contributed by atoms with Gasteiger partial charge in [-0.05, 0) is 41.5 Å². The van der Waals surface area contributed by atoms with Crippen LogP contribution < -0.4 is 15.8 Å². The highest BCUT2D eigenvalue weighted by Crippen LogP contribution is 2.11. The second-order valence-corrected chi connectivity index (χ2v) is 8.91. The lowest BCUT2D eigenvalue weighted by molar-refractivity contribution is -0.123. The average molecular weight is 410 g/mol. The number of amides is 2. The summed E-state index contributed by atoms with van der Waals surface area (Å²) in [5.41, 5.74) is 0.867. The van der Waals surface area contributed by atoms with E-state index < -0.39 is 16.1 Å². The summed E-state index contributed by atoms with van der Waals surface area (Å²) in [7, 11) is -3.71. The molecule has 0 bridgehead atoms. The molecule has 1 aromatic carbocycles. The Morgan fingerprint density at radius 3 is 2.33 bits per heavy atom. The van der Waals surface area contributed by atoms with E-state index in [2.05, 4.69) is 10.6 Å². The number of hydrogen-bond acceptors (Lipinski definition) is 5. The molecule has 0 aliphatic carbocycles. The van der Waals surface area contributed by atoms with Gasteiger partial charge in [0.05, 0.1) is 9.77 Å². The molecule has 0 radical (unpaired) electrons. The van der Waals surface area contributed by atoms with Crippen molar-refractivity contribution in [2.45, 2.75) is 31.2 Å². The van der Waals surface area contributed by atoms with Gasteiger partial charge in [0, 0.05) is 6.54 Å². The lowest BCUT2D eigenvalue weighted by atomic mass is 10.0. The van der Waals surface area contributed by atoms with Crippen LogP contribution in [0.5, 0.6) is 0 Å². The fraction of sp³-hybridized carbons (Fsp3) is 0.333. The quantitative estimate of drug-likeness (QED) is 0.612. The summed E-state index contributed by atoms with van der Waals surface area (Å²) in [6.45, 7) is 4.10. The zero-order valence-corrected chi connectivity index (χ0v) is 16.8. The highest BCUT2D eigenvalue weighted by Gasteiger charge is 2.24. The smallest absolute Gasteiger partial charge is 0.262 e. The Morgan fingerprint density at radius 1 is 1.15 bits per heavy atom. The molecule has 0 saturated heterocycles. The van der Waals surface area contributed by atoms with Crippen molar-refractivity contribution < 1.29 is 18.0 Å². The first kappa shape index (κ1) is 21.1. The van der Waals surface area contributed by atoms with Crippen LogP contribution in [0.1, 0.15) is 29.1 Å². The molecule has 146 valence electrons. The van der Waals surface area contributed by atoms with Gasteiger partial charge in [-0.1, -0.05) is 32.0 Å². The van der Waals surface area contributed by atoms with Crippen LogP contribution in [0, 0.1) is 5.92 Å². The minimum atomic E-state index is -3.71. The number of thiophene rings is 1. The van der Waals surface area contributed by atoms with E-state index in [4.69, 9.17) is 5.14 Å². The van der Waals surface area contributed by atoms with Crippen LogP contribution >= 0.6 is 11.3 Å². The van der Waals surface area contributed by atoms with Gasteiger partial charge in [-0.2, -0.15) is 0 Å². The molecular weight excluding hydrogens is 386 g/mol. The van der Waals surface area contributed by atoms with Crippen molar-refractivity contribution in [1.29, 1.82) is 0 Å². The summed E-state index contributed by atoms with van der Waals surface area (Å²) >= 11 is 1.32. The van der Waals surface area contributed by atoms with Gasteiger partial charge in [0.2, 0.25) is 15.9 Å². The molecule has 0 aliphatic rings. The molecule has 0 unspecified atom stereocenters. The fourth-order valence-corrected chi connectivity index (χ4v) is 3.58. The van der Waals surface area contributed by atoms with Crippen LogP contribution in [0.4, 0.5) is 0 Å². The van der Waals surface area contributed by atoms with Crippen LogP contribution in [0.2, 0.25) is 0 Å². The molecule has 2 amide bonds. The van der Waals surface area contributed by atoms with Crippen molar-refractivity contribution in [2.75, 3.05) is 6.54 Å². The Balaban J connectivity index is 1.89. The number of carbonyl (C=O) groups excluding carboxylic acids is 2. The minimum Gasteiger partial charge on any atom is -0.354 e. The van der Waals surface area contributed by atoms with Crippen LogP contribution in [-0.2, 0) is 21.2 Å². The van der Waals surface area contributed by atoms with Gasteiger partial charge < -0.3 is 10.6 Å². The third-order valence-electron chi connectivity index (χ3n) is 3.95. The van der Waals surface area contributed by atoms with Crippen molar-refractivity contribution in [3.8, 4) is 0 Å². The van der Waals surface area contributed by atoms with Crippen molar-refractivity contribution in [2.24, 2.45) is 11.1 Å². The molecule has 0 saturated carbocycles. The molecular formula is C18H23N3O4S2.